The van der Waals surface area contributed by atoms with E-state index in [4.69, 9.17) is 10.5 Å². The molecule has 1 atom stereocenters. The molecule has 0 aromatic heterocycles. The molecule has 0 spiro atoms. The number of ether oxygens (including phenoxy) is 1. The van der Waals surface area contributed by atoms with Crippen molar-refractivity contribution in [1.82, 2.24) is 0 Å². The molecule has 2 N–H and O–H groups in total. The highest BCUT2D eigenvalue weighted by molar-refractivity contribution is 5.92. The molecular formula is C20H22F3NO2. The first-order valence-electron chi connectivity index (χ1n) is 8.35. The Morgan fingerprint density at radius 1 is 1.08 bits per heavy atom. The van der Waals surface area contributed by atoms with Crippen LogP contribution in [0.15, 0.2) is 42.5 Å². The number of hydrogen-bond donors (Lipinski definition) is 1. The standard InChI is InChI=1S/C20H22F3NO2/c1-13-10-14(2)12-17(11-13)26-18(4-3-9-20(21,22)23)15-5-7-16(8-6-15)19(24)25/h5-8,10-12,18H,3-4,9H2,1-2H3,(H2,24,25). The average Bonchev–Trinajstić information content (AvgIpc) is 2.52. The highest BCUT2D eigenvalue weighted by Gasteiger charge is 2.27. The molecule has 0 saturated carbocycles. The fourth-order valence-corrected chi connectivity index (χ4v) is 2.81. The molecule has 0 aliphatic carbocycles. The molecule has 0 aliphatic heterocycles. The number of nitrogens with two attached hydrogens (primary N) is 1. The predicted octanol–water partition coefficient (Wildman–Crippen LogP) is 5.26. The monoisotopic (exact) mass is 365 g/mol. The number of amides is 1. The van der Waals surface area contributed by atoms with Crippen molar-refractivity contribution in [3.05, 3.63) is 64.7 Å². The number of carbonyl (C=O) groups excluding carboxylic acids is 1. The van der Waals surface area contributed by atoms with E-state index in [9.17, 15) is 18.0 Å². The zero-order valence-corrected chi connectivity index (χ0v) is 14.8. The fourth-order valence-electron chi connectivity index (χ4n) is 2.81. The SMILES string of the molecule is Cc1cc(C)cc(OC(CCCC(F)(F)F)c2ccc(C(N)=O)cc2)c1. The van der Waals surface area contributed by atoms with Crippen LogP contribution in [0, 0.1) is 13.8 Å². The van der Waals surface area contributed by atoms with Gasteiger partial charge in [-0.25, -0.2) is 0 Å². The van der Waals surface area contributed by atoms with Crippen LogP contribution >= 0.6 is 0 Å². The van der Waals surface area contributed by atoms with Crippen LogP contribution in [0.25, 0.3) is 0 Å². The van der Waals surface area contributed by atoms with E-state index < -0.39 is 24.6 Å². The van der Waals surface area contributed by atoms with Crippen molar-refractivity contribution < 1.29 is 22.7 Å². The lowest BCUT2D eigenvalue weighted by Gasteiger charge is -2.21. The van der Waals surface area contributed by atoms with Gasteiger partial charge in [0.25, 0.3) is 0 Å². The predicted molar refractivity (Wildman–Crippen MR) is 94.2 cm³/mol. The van der Waals surface area contributed by atoms with Gasteiger partial charge in [0.1, 0.15) is 11.9 Å². The van der Waals surface area contributed by atoms with E-state index in [0.717, 1.165) is 11.1 Å². The summed E-state index contributed by atoms with van der Waals surface area (Å²) < 4.78 is 43.5. The Labute approximate surface area is 151 Å². The third-order valence-corrected chi connectivity index (χ3v) is 3.97. The second-order valence-electron chi connectivity index (χ2n) is 6.42. The van der Waals surface area contributed by atoms with E-state index in [-0.39, 0.29) is 12.8 Å². The Hall–Kier alpha value is -2.50. The molecule has 26 heavy (non-hydrogen) atoms. The van der Waals surface area contributed by atoms with Gasteiger partial charge in [0.2, 0.25) is 5.91 Å². The van der Waals surface area contributed by atoms with Gasteiger partial charge in [-0.2, -0.15) is 13.2 Å². The van der Waals surface area contributed by atoms with Crippen LogP contribution in [0.1, 0.15) is 52.4 Å². The average molecular weight is 365 g/mol. The van der Waals surface area contributed by atoms with Gasteiger partial charge >= 0.3 is 6.18 Å². The van der Waals surface area contributed by atoms with E-state index in [1.54, 1.807) is 24.3 Å². The normalized spacial score (nSPS) is 12.7. The second kappa shape index (κ2) is 8.25. The lowest BCUT2D eigenvalue weighted by molar-refractivity contribution is -0.136. The molecule has 2 aromatic rings. The van der Waals surface area contributed by atoms with E-state index in [2.05, 4.69) is 0 Å². The van der Waals surface area contributed by atoms with Crippen molar-refractivity contribution in [3.63, 3.8) is 0 Å². The number of benzene rings is 2. The summed E-state index contributed by atoms with van der Waals surface area (Å²) in [6.07, 6.45) is -5.43. The molecule has 0 radical (unpaired) electrons. The molecule has 140 valence electrons. The van der Waals surface area contributed by atoms with Crippen LogP contribution in [0.3, 0.4) is 0 Å². The Morgan fingerprint density at radius 2 is 1.65 bits per heavy atom. The molecule has 1 unspecified atom stereocenters. The second-order valence-corrected chi connectivity index (χ2v) is 6.42. The molecule has 2 aromatic carbocycles. The molecule has 0 fully saturated rings. The smallest absolute Gasteiger partial charge is 0.389 e. The minimum Gasteiger partial charge on any atom is -0.486 e. The first-order valence-corrected chi connectivity index (χ1v) is 8.35. The van der Waals surface area contributed by atoms with Gasteiger partial charge in [0.15, 0.2) is 0 Å². The van der Waals surface area contributed by atoms with Gasteiger partial charge in [0.05, 0.1) is 0 Å². The van der Waals surface area contributed by atoms with Gasteiger partial charge in [-0.3, -0.25) is 4.79 Å². The van der Waals surface area contributed by atoms with Crippen molar-refractivity contribution in [2.75, 3.05) is 0 Å². The highest BCUT2D eigenvalue weighted by Crippen LogP contribution is 2.31. The van der Waals surface area contributed by atoms with Crippen LogP contribution < -0.4 is 10.5 Å². The Balaban J connectivity index is 2.21. The lowest BCUT2D eigenvalue weighted by Crippen LogP contribution is -2.13. The summed E-state index contributed by atoms with van der Waals surface area (Å²) in [6.45, 7) is 3.86. The molecule has 0 saturated heterocycles. The summed E-state index contributed by atoms with van der Waals surface area (Å²) in [4.78, 5) is 11.2. The Morgan fingerprint density at radius 3 is 2.15 bits per heavy atom. The Kier molecular flexibility index (Phi) is 6.29. The van der Waals surface area contributed by atoms with E-state index in [1.165, 1.54) is 0 Å². The topological polar surface area (TPSA) is 52.3 Å². The third kappa shape index (κ3) is 6.10. The largest absolute Gasteiger partial charge is 0.486 e. The zero-order valence-electron chi connectivity index (χ0n) is 14.8. The third-order valence-electron chi connectivity index (χ3n) is 3.97. The molecule has 1 amide bonds. The maximum Gasteiger partial charge on any atom is 0.389 e. The zero-order chi connectivity index (χ0) is 19.3. The lowest BCUT2D eigenvalue weighted by atomic mass is 10.0. The van der Waals surface area contributed by atoms with Crippen LogP contribution in [0.5, 0.6) is 5.75 Å². The van der Waals surface area contributed by atoms with Crippen molar-refractivity contribution in [3.8, 4) is 5.75 Å². The first-order chi connectivity index (χ1) is 12.1. The molecule has 3 nitrogen and oxygen atoms in total. The maximum absolute atomic E-state index is 12.5. The molecule has 0 aliphatic rings. The van der Waals surface area contributed by atoms with Gasteiger partial charge in [-0.05, 0) is 67.6 Å². The van der Waals surface area contributed by atoms with Crippen molar-refractivity contribution in [1.29, 1.82) is 0 Å². The van der Waals surface area contributed by atoms with Crippen LogP contribution in [0.4, 0.5) is 13.2 Å². The number of halogens is 3. The molecule has 6 heteroatoms. The van der Waals surface area contributed by atoms with Crippen molar-refractivity contribution >= 4 is 5.91 Å². The molecule has 0 heterocycles. The molecule has 0 bridgehead atoms. The van der Waals surface area contributed by atoms with Crippen LogP contribution in [0.2, 0.25) is 0 Å². The van der Waals surface area contributed by atoms with Gasteiger partial charge in [0, 0.05) is 12.0 Å². The number of carbonyl (C=O) groups is 1. The Bertz CT molecular complexity index is 734. The molecule has 2 rings (SSSR count). The summed E-state index contributed by atoms with van der Waals surface area (Å²) in [7, 11) is 0. The van der Waals surface area contributed by atoms with E-state index >= 15 is 0 Å². The van der Waals surface area contributed by atoms with Gasteiger partial charge < -0.3 is 10.5 Å². The summed E-state index contributed by atoms with van der Waals surface area (Å²) in [5, 5.41) is 0. The quantitative estimate of drug-likeness (QED) is 0.728. The number of primary amides is 1. The first kappa shape index (κ1) is 19.8. The highest BCUT2D eigenvalue weighted by atomic mass is 19.4. The summed E-state index contributed by atoms with van der Waals surface area (Å²) in [6, 6.07) is 12.1. The van der Waals surface area contributed by atoms with Crippen molar-refractivity contribution in [2.24, 2.45) is 5.73 Å². The number of aryl methyl sites for hydroxylation is 2. The minimum atomic E-state index is -4.19. The van der Waals surface area contributed by atoms with Crippen LogP contribution in [-0.2, 0) is 0 Å². The van der Waals surface area contributed by atoms with E-state index in [0.29, 0.717) is 16.9 Å². The maximum atomic E-state index is 12.5. The summed E-state index contributed by atoms with van der Waals surface area (Å²) in [5.74, 6) is 0.0545. The molecular weight excluding hydrogens is 343 g/mol. The van der Waals surface area contributed by atoms with Gasteiger partial charge in [-0.1, -0.05) is 18.2 Å². The minimum absolute atomic E-state index is 0.0451. The fraction of sp³-hybridized carbons (Fsp3) is 0.350. The summed E-state index contributed by atoms with van der Waals surface area (Å²) in [5.41, 5.74) is 8.30. The van der Waals surface area contributed by atoms with Crippen LogP contribution in [-0.4, -0.2) is 12.1 Å². The van der Waals surface area contributed by atoms with E-state index in [1.807, 2.05) is 32.0 Å². The number of rotatable bonds is 7. The number of alkyl halides is 3. The van der Waals surface area contributed by atoms with Gasteiger partial charge in [-0.15, -0.1) is 0 Å². The summed E-state index contributed by atoms with van der Waals surface area (Å²) >= 11 is 0. The number of hydrogen-bond acceptors (Lipinski definition) is 2. The van der Waals surface area contributed by atoms with Crippen molar-refractivity contribution in [2.45, 2.75) is 45.4 Å².